The molecule has 0 saturated carbocycles. The van der Waals surface area contributed by atoms with Crippen molar-refractivity contribution in [1.82, 2.24) is 0 Å². The molecule has 2 aromatic carbocycles. The van der Waals surface area contributed by atoms with Gasteiger partial charge in [0.25, 0.3) is 0 Å². The van der Waals surface area contributed by atoms with Crippen molar-refractivity contribution >= 4 is 11.4 Å². The molecule has 2 aromatic rings. The Morgan fingerprint density at radius 1 is 0.611 bits per heavy atom. The first kappa shape index (κ1) is 12.0. The van der Waals surface area contributed by atoms with Crippen molar-refractivity contribution in [3.8, 4) is 11.5 Å². The summed E-state index contributed by atoms with van der Waals surface area (Å²) in [6.07, 6.45) is 0. The van der Waals surface area contributed by atoms with Gasteiger partial charge in [-0.15, -0.1) is 0 Å². The number of benzene rings is 2. The molecule has 0 bridgehead atoms. The summed E-state index contributed by atoms with van der Waals surface area (Å²) in [5, 5.41) is 24.8. The normalized spacial score (nSPS) is 10.6. The highest BCUT2D eigenvalue weighted by Crippen LogP contribution is 2.22. The van der Waals surface area contributed by atoms with Crippen LogP contribution in [0.4, 0.5) is 11.4 Å². The molecule has 0 heterocycles. The van der Waals surface area contributed by atoms with Crippen LogP contribution in [0.25, 0.3) is 0 Å². The first-order valence-corrected chi connectivity index (χ1v) is 5.06. The van der Waals surface area contributed by atoms with Crippen LogP contribution in [0, 0.1) is 0 Å². The van der Waals surface area contributed by atoms with Gasteiger partial charge in [0.2, 0.25) is 0 Å². The van der Waals surface area contributed by atoms with Crippen LogP contribution in [0.15, 0.2) is 58.8 Å². The summed E-state index contributed by atoms with van der Waals surface area (Å²) < 4.78 is 0. The Balaban J connectivity index is 2.08. The van der Waals surface area contributed by atoms with Crippen LogP contribution in [0.5, 0.6) is 11.5 Å². The van der Waals surface area contributed by atoms with E-state index in [0.29, 0.717) is 22.9 Å². The molecular formula is C12H10N2O4. The second kappa shape index (κ2) is 5.76. The molecule has 0 saturated heterocycles. The fraction of sp³-hybridized carbons (Fsp3) is 0. The molecule has 0 fully saturated rings. The first-order valence-electron chi connectivity index (χ1n) is 5.06. The molecule has 0 spiro atoms. The topological polar surface area (TPSA) is 83.6 Å². The third kappa shape index (κ3) is 3.03. The van der Waals surface area contributed by atoms with Gasteiger partial charge in [-0.2, -0.15) is 10.2 Å². The number of hydrogen-bond acceptors (Lipinski definition) is 6. The Bertz CT molecular complexity index is 473. The number of rotatable bonds is 4. The second-order valence-corrected chi connectivity index (χ2v) is 3.37. The highest BCUT2D eigenvalue weighted by Gasteiger charge is 1.95. The Morgan fingerprint density at radius 2 is 0.944 bits per heavy atom. The molecule has 92 valence electrons. The van der Waals surface area contributed by atoms with Crippen molar-refractivity contribution < 1.29 is 20.3 Å². The second-order valence-electron chi connectivity index (χ2n) is 3.37. The van der Waals surface area contributed by atoms with E-state index in [1.165, 1.54) is 0 Å². The average molecular weight is 246 g/mol. The van der Waals surface area contributed by atoms with E-state index < -0.39 is 0 Å². The van der Waals surface area contributed by atoms with Crippen molar-refractivity contribution in [3.05, 3.63) is 48.5 Å². The molecule has 0 amide bonds. The van der Waals surface area contributed by atoms with Crippen LogP contribution >= 0.6 is 0 Å². The van der Waals surface area contributed by atoms with Crippen molar-refractivity contribution in [2.24, 2.45) is 10.2 Å². The molecule has 0 radical (unpaired) electrons. The quantitative estimate of drug-likeness (QED) is 0.488. The Kier molecular flexibility index (Phi) is 3.85. The molecule has 0 aliphatic heterocycles. The zero-order chi connectivity index (χ0) is 12.8. The molecule has 2 rings (SSSR count). The summed E-state index contributed by atoms with van der Waals surface area (Å²) in [4.78, 5) is 8.10. The van der Waals surface area contributed by atoms with Crippen LogP contribution < -0.4 is 9.78 Å². The summed E-state index contributed by atoms with van der Waals surface area (Å²) in [5.41, 5.74) is 1.25. The monoisotopic (exact) mass is 246 g/mol. The zero-order valence-corrected chi connectivity index (χ0v) is 9.22. The highest BCUT2D eigenvalue weighted by molar-refractivity contribution is 5.43. The minimum Gasteiger partial charge on any atom is -0.340 e. The van der Waals surface area contributed by atoms with Crippen LogP contribution in [0.3, 0.4) is 0 Å². The lowest BCUT2D eigenvalue weighted by Gasteiger charge is -1.97. The molecular weight excluding hydrogens is 236 g/mol. The van der Waals surface area contributed by atoms with E-state index in [0.717, 1.165) is 0 Å². The molecule has 0 unspecified atom stereocenters. The van der Waals surface area contributed by atoms with E-state index in [4.69, 9.17) is 10.5 Å². The van der Waals surface area contributed by atoms with Crippen LogP contribution in [-0.2, 0) is 0 Å². The van der Waals surface area contributed by atoms with Gasteiger partial charge < -0.3 is 9.78 Å². The van der Waals surface area contributed by atoms with Crippen molar-refractivity contribution in [1.29, 1.82) is 0 Å². The van der Waals surface area contributed by atoms with Gasteiger partial charge >= 0.3 is 0 Å². The fourth-order valence-corrected chi connectivity index (χ4v) is 1.26. The Hall–Kier alpha value is -2.44. The molecule has 0 atom stereocenters. The smallest absolute Gasteiger partial charge is 0.165 e. The van der Waals surface area contributed by atoms with E-state index >= 15 is 0 Å². The zero-order valence-electron chi connectivity index (χ0n) is 9.22. The maximum atomic E-state index is 8.40. The summed E-state index contributed by atoms with van der Waals surface area (Å²) in [6, 6.07) is 12.9. The maximum Gasteiger partial charge on any atom is 0.165 e. The maximum absolute atomic E-state index is 8.40. The van der Waals surface area contributed by atoms with Crippen molar-refractivity contribution in [2.75, 3.05) is 0 Å². The van der Waals surface area contributed by atoms with Gasteiger partial charge in [-0.25, -0.2) is 10.5 Å². The van der Waals surface area contributed by atoms with E-state index in [2.05, 4.69) is 20.0 Å². The Morgan fingerprint density at radius 3 is 1.22 bits per heavy atom. The summed E-state index contributed by atoms with van der Waals surface area (Å²) >= 11 is 0. The summed E-state index contributed by atoms with van der Waals surface area (Å²) in [6.45, 7) is 0. The highest BCUT2D eigenvalue weighted by atomic mass is 17.1. The predicted octanol–water partition coefficient (Wildman–Crippen LogP) is 3.81. The molecule has 6 heteroatoms. The lowest BCUT2D eigenvalue weighted by Crippen LogP contribution is -1.81. The average Bonchev–Trinajstić information content (AvgIpc) is 2.46. The Labute approximate surface area is 103 Å². The fourth-order valence-electron chi connectivity index (χ4n) is 1.26. The molecule has 0 aliphatic carbocycles. The van der Waals surface area contributed by atoms with Gasteiger partial charge in [0.05, 0.1) is 11.4 Å². The molecule has 0 aliphatic rings. The van der Waals surface area contributed by atoms with Gasteiger partial charge in [0, 0.05) is 0 Å². The number of azo groups is 1. The van der Waals surface area contributed by atoms with Crippen molar-refractivity contribution in [3.63, 3.8) is 0 Å². The largest absolute Gasteiger partial charge is 0.340 e. The third-order valence-electron chi connectivity index (χ3n) is 2.17. The molecule has 0 aromatic heterocycles. The predicted molar refractivity (Wildman–Crippen MR) is 63.6 cm³/mol. The van der Waals surface area contributed by atoms with Crippen LogP contribution in [0.2, 0.25) is 0 Å². The first-order chi connectivity index (χ1) is 8.81. The SMILES string of the molecule is OOc1ccc(N=Nc2ccc(OO)cc2)cc1. The van der Waals surface area contributed by atoms with Gasteiger partial charge in [-0.1, -0.05) is 0 Å². The van der Waals surface area contributed by atoms with E-state index in [9.17, 15) is 0 Å². The van der Waals surface area contributed by atoms with Gasteiger partial charge in [0.1, 0.15) is 0 Å². The van der Waals surface area contributed by atoms with Crippen LogP contribution in [0.1, 0.15) is 0 Å². The van der Waals surface area contributed by atoms with E-state index in [1.807, 2.05) is 0 Å². The van der Waals surface area contributed by atoms with Gasteiger partial charge in [0.15, 0.2) is 11.5 Å². The molecule has 2 N–H and O–H groups in total. The summed E-state index contributed by atoms with van der Waals surface area (Å²) in [7, 11) is 0. The summed E-state index contributed by atoms with van der Waals surface area (Å²) in [5.74, 6) is 0.664. The molecule has 6 nitrogen and oxygen atoms in total. The minimum absolute atomic E-state index is 0.332. The van der Waals surface area contributed by atoms with E-state index in [-0.39, 0.29) is 0 Å². The van der Waals surface area contributed by atoms with Crippen molar-refractivity contribution in [2.45, 2.75) is 0 Å². The third-order valence-corrected chi connectivity index (χ3v) is 2.17. The lowest BCUT2D eigenvalue weighted by molar-refractivity contribution is -0.137. The van der Waals surface area contributed by atoms with Gasteiger partial charge in [-0.3, -0.25) is 0 Å². The van der Waals surface area contributed by atoms with Crippen LogP contribution in [-0.4, -0.2) is 10.5 Å². The lowest BCUT2D eigenvalue weighted by atomic mass is 10.3. The standard InChI is InChI=1S/C12H10N2O4/c15-17-11-5-1-9(2-6-11)13-14-10-3-7-12(18-16)8-4-10/h1-8,15-16H. The van der Waals surface area contributed by atoms with Gasteiger partial charge in [-0.05, 0) is 48.5 Å². The molecule has 18 heavy (non-hydrogen) atoms. The minimum atomic E-state index is 0.332. The number of hydrogen-bond donors (Lipinski definition) is 2. The number of nitrogens with zero attached hydrogens (tertiary/aromatic N) is 2. The van der Waals surface area contributed by atoms with E-state index in [1.54, 1.807) is 48.5 Å².